The molecule has 0 radical (unpaired) electrons. The maximum atomic E-state index is 11.4. The molecule has 2 N–H and O–H groups in total. The van der Waals surface area contributed by atoms with E-state index in [0.717, 1.165) is 11.1 Å². The summed E-state index contributed by atoms with van der Waals surface area (Å²) in [6, 6.07) is 15.7. The van der Waals surface area contributed by atoms with Crippen molar-refractivity contribution in [2.75, 3.05) is 0 Å². The third kappa shape index (κ3) is 4.36. The minimum atomic E-state index is -1.12. The van der Waals surface area contributed by atoms with Crippen LogP contribution in [-0.4, -0.2) is 21.8 Å². The zero-order valence-corrected chi connectivity index (χ0v) is 18.8. The zero-order valence-electron chi connectivity index (χ0n) is 17.3. The van der Waals surface area contributed by atoms with Crippen LogP contribution in [0.1, 0.15) is 37.4 Å². The van der Waals surface area contributed by atoms with Gasteiger partial charge in [0.2, 0.25) is 5.88 Å². The van der Waals surface area contributed by atoms with Gasteiger partial charge in [0.15, 0.2) is 0 Å². The van der Waals surface area contributed by atoms with Crippen LogP contribution in [0.3, 0.4) is 0 Å². The number of ether oxygens (including phenoxy) is 1. The standard InChI is InChI=1S/C24H19Cl2N3O3/c1-24(2)11-20(28-23(30)31)18-10-17(14-4-6-15(25)7-5-14)21(29-22(18)32-24)16-8-3-13(12-27)9-19(16)26/h3-10,20,28H,11H2,1-2H3,(H,30,31). The molecule has 1 amide bonds. The van der Waals surface area contributed by atoms with Crippen molar-refractivity contribution in [1.29, 1.82) is 5.26 Å². The van der Waals surface area contributed by atoms with Gasteiger partial charge in [-0.15, -0.1) is 0 Å². The van der Waals surface area contributed by atoms with Gasteiger partial charge in [0.05, 0.1) is 28.4 Å². The van der Waals surface area contributed by atoms with E-state index in [2.05, 4.69) is 11.4 Å². The monoisotopic (exact) mass is 467 g/mol. The Morgan fingerprint density at radius 1 is 1.19 bits per heavy atom. The summed E-state index contributed by atoms with van der Waals surface area (Å²) in [4.78, 5) is 16.2. The fraction of sp³-hybridized carbons (Fsp3) is 0.208. The van der Waals surface area contributed by atoms with E-state index in [1.54, 1.807) is 30.3 Å². The fourth-order valence-electron chi connectivity index (χ4n) is 3.86. The van der Waals surface area contributed by atoms with Gasteiger partial charge in [0.25, 0.3) is 0 Å². The number of carboxylic acid groups (broad SMARTS) is 1. The van der Waals surface area contributed by atoms with Gasteiger partial charge in [-0.25, -0.2) is 9.78 Å². The molecule has 2 aromatic carbocycles. The first kappa shape index (κ1) is 21.9. The first-order valence-electron chi connectivity index (χ1n) is 9.86. The van der Waals surface area contributed by atoms with Gasteiger partial charge in [-0.3, -0.25) is 0 Å². The molecule has 0 aliphatic carbocycles. The molecule has 0 saturated heterocycles. The number of nitrogens with one attached hydrogen (secondary N) is 1. The number of benzene rings is 2. The zero-order chi connectivity index (χ0) is 23.0. The molecule has 0 fully saturated rings. The summed E-state index contributed by atoms with van der Waals surface area (Å²) in [6.45, 7) is 3.77. The van der Waals surface area contributed by atoms with E-state index in [0.29, 0.717) is 44.7 Å². The lowest BCUT2D eigenvalue weighted by Gasteiger charge is -2.37. The number of nitriles is 1. The largest absolute Gasteiger partial charge is 0.471 e. The van der Waals surface area contributed by atoms with Crippen molar-refractivity contribution in [2.24, 2.45) is 0 Å². The SMILES string of the molecule is CC1(C)CC(NC(=O)O)c2cc(-c3ccc(Cl)cc3)c(-c3ccc(C#N)cc3Cl)nc2O1. The van der Waals surface area contributed by atoms with E-state index in [4.69, 9.17) is 32.9 Å². The minimum Gasteiger partial charge on any atom is -0.471 e. The van der Waals surface area contributed by atoms with Crippen molar-refractivity contribution < 1.29 is 14.6 Å². The summed E-state index contributed by atoms with van der Waals surface area (Å²) in [6.07, 6.45) is -0.670. The van der Waals surface area contributed by atoms with Gasteiger partial charge >= 0.3 is 6.09 Å². The van der Waals surface area contributed by atoms with Gasteiger partial charge in [-0.1, -0.05) is 35.3 Å². The van der Waals surface area contributed by atoms with Crippen LogP contribution in [0.25, 0.3) is 22.4 Å². The lowest BCUT2D eigenvalue weighted by molar-refractivity contribution is 0.0604. The summed E-state index contributed by atoms with van der Waals surface area (Å²) < 4.78 is 6.13. The molecule has 2 heterocycles. The molecule has 8 heteroatoms. The van der Waals surface area contributed by atoms with Crippen molar-refractivity contribution in [3.8, 4) is 34.3 Å². The molecule has 1 atom stereocenters. The molecule has 1 aromatic heterocycles. The summed E-state index contributed by atoms with van der Waals surface area (Å²) in [5.74, 6) is 0.341. The topological polar surface area (TPSA) is 95.2 Å². The Morgan fingerprint density at radius 2 is 1.91 bits per heavy atom. The second kappa shape index (κ2) is 8.34. The predicted octanol–water partition coefficient (Wildman–Crippen LogP) is 6.46. The highest BCUT2D eigenvalue weighted by atomic mass is 35.5. The van der Waals surface area contributed by atoms with Crippen molar-refractivity contribution >= 4 is 29.3 Å². The highest BCUT2D eigenvalue weighted by Crippen LogP contribution is 2.44. The molecule has 6 nitrogen and oxygen atoms in total. The number of fused-ring (bicyclic) bond motifs is 1. The number of halogens is 2. The molecule has 0 saturated carbocycles. The van der Waals surface area contributed by atoms with Crippen molar-refractivity contribution in [3.05, 3.63) is 69.7 Å². The van der Waals surface area contributed by atoms with Gasteiger partial charge in [-0.05, 0) is 55.8 Å². The molecule has 0 bridgehead atoms. The Kier molecular flexibility index (Phi) is 5.72. The Morgan fingerprint density at radius 3 is 2.53 bits per heavy atom. The molecule has 1 unspecified atom stereocenters. The number of pyridine rings is 1. The maximum Gasteiger partial charge on any atom is 0.405 e. The molecule has 162 valence electrons. The first-order valence-corrected chi connectivity index (χ1v) is 10.6. The second-order valence-electron chi connectivity index (χ2n) is 8.16. The quantitative estimate of drug-likeness (QED) is 0.460. The van der Waals surface area contributed by atoms with E-state index < -0.39 is 17.7 Å². The number of hydrogen-bond donors (Lipinski definition) is 2. The van der Waals surface area contributed by atoms with E-state index in [9.17, 15) is 15.2 Å². The molecule has 3 aromatic rings. The number of aromatic nitrogens is 1. The van der Waals surface area contributed by atoms with Gasteiger partial charge in [-0.2, -0.15) is 5.26 Å². The predicted molar refractivity (Wildman–Crippen MR) is 123 cm³/mol. The van der Waals surface area contributed by atoms with Crippen LogP contribution >= 0.6 is 23.2 Å². The summed E-state index contributed by atoms with van der Waals surface area (Å²) >= 11 is 12.6. The number of amides is 1. The van der Waals surface area contributed by atoms with E-state index >= 15 is 0 Å². The van der Waals surface area contributed by atoms with E-state index in [1.807, 2.05) is 32.0 Å². The molecule has 0 spiro atoms. The summed E-state index contributed by atoms with van der Waals surface area (Å²) in [5.41, 5.74) is 3.23. The number of hydrogen-bond acceptors (Lipinski definition) is 4. The van der Waals surface area contributed by atoms with Crippen LogP contribution in [0.2, 0.25) is 10.0 Å². The van der Waals surface area contributed by atoms with Crippen LogP contribution in [-0.2, 0) is 0 Å². The second-order valence-corrected chi connectivity index (χ2v) is 9.00. The van der Waals surface area contributed by atoms with Crippen LogP contribution in [0.5, 0.6) is 5.88 Å². The molecule has 1 aliphatic heterocycles. The lowest BCUT2D eigenvalue weighted by atomic mass is 9.88. The average molecular weight is 468 g/mol. The third-order valence-corrected chi connectivity index (χ3v) is 5.83. The van der Waals surface area contributed by atoms with Gasteiger partial charge in [0, 0.05) is 28.1 Å². The highest BCUT2D eigenvalue weighted by molar-refractivity contribution is 6.33. The molecular weight excluding hydrogens is 449 g/mol. The van der Waals surface area contributed by atoms with Crippen LogP contribution in [0.4, 0.5) is 4.79 Å². The third-order valence-electron chi connectivity index (χ3n) is 5.27. The Balaban J connectivity index is 1.97. The Bertz CT molecular complexity index is 1250. The van der Waals surface area contributed by atoms with Gasteiger partial charge in [0.1, 0.15) is 5.60 Å². The maximum absolute atomic E-state index is 11.4. The molecule has 32 heavy (non-hydrogen) atoms. The molecule has 4 rings (SSSR count). The smallest absolute Gasteiger partial charge is 0.405 e. The van der Waals surface area contributed by atoms with Crippen molar-refractivity contribution in [1.82, 2.24) is 10.3 Å². The summed E-state index contributed by atoms with van der Waals surface area (Å²) in [5, 5.41) is 22.1. The average Bonchev–Trinajstić information content (AvgIpc) is 2.72. The van der Waals surface area contributed by atoms with Crippen molar-refractivity contribution in [3.63, 3.8) is 0 Å². The Labute approximate surface area is 195 Å². The van der Waals surface area contributed by atoms with Crippen LogP contribution < -0.4 is 10.1 Å². The number of nitrogens with zero attached hydrogens (tertiary/aromatic N) is 2. The number of carbonyl (C=O) groups is 1. The van der Waals surface area contributed by atoms with Crippen LogP contribution in [0, 0.1) is 11.3 Å². The lowest BCUT2D eigenvalue weighted by Crippen LogP contribution is -2.41. The highest BCUT2D eigenvalue weighted by Gasteiger charge is 2.36. The van der Waals surface area contributed by atoms with Crippen LogP contribution in [0.15, 0.2) is 48.5 Å². The van der Waals surface area contributed by atoms with Gasteiger partial charge < -0.3 is 15.2 Å². The summed E-state index contributed by atoms with van der Waals surface area (Å²) in [7, 11) is 0. The Hall–Kier alpha value is -3.27. The van der Waals surface area contributed by atoms with E-state index in [1.165, 1.54) is 0 Å². The first-order chi connectivity index (χ1) is 15.2. The van der Waals surface area contributed by atoms with Crippen molar-refractivity contribution in [2.45, 2.75) is 31.9 Å². The molecule has 1 aliphatic rings. The number of rotatable bonds is 3. The normalized spacial score (nSPS) is 16.4. The minimum absolute atomic E-state index is 0.341. The molecular formula is C24H19Cl2N3O3. The fourth-order valence-corrected chi connectivity index (χ4v) is 4.25. The van der Waals surface area contributed by atoms with E-state index in [-0.39, 0.29) is 0 Å².